The Kier molecular flexibility index (Phi) is 8.84. The van der Waals surface area contributed by atoms with Crippen molar-refractivity contribution in [2.75, 3.05) is 58.3 Å². The van der Waals surface area contributed by atoms with Crippen molar-refractivity contribution in [3.8, 4) is 5.75 Å². The molecule has 0 bridgehead atoms. The van der Waals surface area contributed by atoms with Crippen molar-refractivity contribution in [3.63, 3.8) is 0 Å². The number of nitrogens with one attached hydrogen (secondary N) is 1. The van der Waals surface area contributed by atoms with Gasteiger partial charge in [0.2, 0.25) is 11.7 Å². The summed E-state index contributed by atoms with van der Waals surface area (Å²) in [7, 11) is 2.92. The van der Waals surface area contributed by atoms with Crippen LogP contribution in [0.5, 0.6) is 5.75 Å². The minimum absolute atomic E-state index is 0.0179. The molecular weight excluding hydrogens is 591 g/mol. The normalized spacial score (nSPS) is 20.5. The number of ether oxygens (including phenoxy) is 1. The Morgan fingerprint density at radius 1 is 1.07 bits per heavy atom. The number of hydrogen-bond acceptors (Lipinski definition) is 7. The third-order valence-corrected chi connectivity index (χ3v) is 8.96. The zero-order chi connectivity index (χ0) is 30.2. The van der Waals surface area contributed by atoms with Crippen LogP contribution >= 0.6 is 23.2 Å². The lowest BCUT2D eigenvalue weighted by atomic mass is 9.88. The van der Waals surface area contributed by atoms with Crippen molar-refractivity contribution in [2.45, 2.75) is 30.5 Å². The van der Waals surface area contributed by atoms with E-state index in [1.165, 1.54) is 19.2 Å². The number of rotatable bonds is 6. The van der Waals surface area contributed by atoms with Crippen LogP contribution in [-0.2, 0) is 4.79 Å². The van der Waals surface area contributed by atoms with Crippen LogP contribution < -0.4 is 15.0 Å². The number of methoxy groups -OCH3 is 1. The number of alkyl halides is 1. The minimum atomic E-state index is -1.09. The van der Waals surface area contributed by atoms with E-state index in [0.717, 1.165) is 0 Å². The summed E-state index contributed by atoms with van der Waals surface area (Å²) >= 11 is 13.2. The highest BCUT2D eigenvalue weighted by molar-refractivity contribution is 6.34. The number of aliphatic hydroxyl groups is 1. The second-order valence-electron chi connectivity index (χ2n) is 10.8. The summed E-state index contributed by atoms with van der Waals surface area (Å²) in [6.45, 7) is 2.81. The molecule has 9 nitrogen and oxygen atoms in total. The van der Waals surface area contributed by atoms with Crippen LogP contribution in [-0.4, -0.2) is 96.3 Å². The van der Waals surface area contributed by atoms with Gasteiger partial charge in [-0.25, -0.2) is 4.39 Å². The first-order valence-electron chi connectivity index (χ1n) is 13.7. The number of halogens is 4. The fourth-order valence-corrected chi connectivity index (χ4v) is 6.09. The van der Waals surface area contributed by atoms with E-state index in [1.54, 1.807) is 51.0 Å². The quantitative estimate of drug-likeness (QED) is 0.375. The zero-order valence-electron chi connectivity index (χ0n) is 23.4. The summed E-state index contributed by atoms with van der Waals surface area (Å²) in [5.74, 6) is -2.72. The van der Waals surface area contributed by atoms with Crippen molar-refractivity contribution in [1.82, 2.24) is 20.0 Å². The van der Waals surface area contributed by atoms with Crippen LogP contribution in [0, 0.1) is 11.6 Å². The van der Waals surface area contributed by atoms with E-state index in [1.807, 2.05) is 0 Å². The van der Waals surface area contributed by atoms with Gasteiger partial charge in [0.15, 0.2) is 17.2 Å². The van der Waals surface area contributed by atoms with Gasteiger partial charge in [0.1, 0.15) is 0 Å². The lowest BCUT2D eigenvalue weighted by Gasteiger charge is -2.38. The van der Waals surface area contributed by atoms with E-state index < -0.39 is 22.9 Å². The molecule has 0 spiro atoms. The van der Waals surface area contributed by atoms with E-state index >= 15 is 0 Å². The third kappa shape index (κ3) is 5.88. The van der Waals surface area contributed by atoms with Crippen LogP contribution in [0.25, 0.3) is 5.70 Å². The van der Waals surface area contributed by atoms with Crippen molar-refractivity contribution in [1.29, 1.82) is 0 Å². The molecule has 2 fully saturated rings. The molecule has 42 heavy (non-hydrogen) atoms. The van der Waals surface area contributed by atoms with Crippen LogP contribution in [0.15, 0.2) is 36.5 Å². The molecule has 2 aromatic carbocycles. The van der Waals surface area contributed by atoms with Crippen LogP contribution in [0.4, 0.5) is 14.5 Å². The van der Waals surface area contributed by atoms with Gasteiger partial charge in [0.25, 0.3) is 5.91 Å². The molecule has 2 amide bonds. The van der Waals surface area contributed by atoms with Gasteiger partial charge >= 0.3 is 0 Å². The monoisotopic (exact) mass is 623 g/mol. The maximum absolute atomic E-state index is 14.8. The number of amides is 2. The van der Waals surface area contributed by atoms with Crippen LogP contribution in [0.3, 0.4) is 0 Å². The molecule has 3 heterocycles. The molecule has 0 saturated carbocycles. The van der Waals surface area contributed by atoms with Crippen molar-refractivity contribution < 1.29 is 28.2 Å². The predicted molar refractivity (Wildman–Crippen MR) is 156 cm³/mol. The van der Waals surface area contributed by atoms with Crippen molar-refractivity contribution >= 4 is 46.4 Å². The van der Waals surface area contributed by atoms with Gasteiger partial charge in [-0.1, -0.05) is 23.2 Å². The molecule has 3 aliphatic rings. The summed E-state index contributed by atoms with van der Waals surface area (Å²) in [6, 6.07) is 7.66. The Morgan fingerprint density at radius 2 is 1.74 bits per heavy atom. The lowest BCUT2D eigenvalue weighted by Crippen LogP contribution is -2.53. The molecule has 5 rings (SSSR count). The molecule has 2 N–H and O–H groups in total. The van der Waals surface area contributed by atoms with E-state index in [-0.39, 0.29) is 34.6 Å². The average Bonchev–Trinajstić information content (AvgIpc) is 3.27. The Morgan fingerprint density at radius 3 is 2.38 bits per heavy atom. The summed E-state index contributed by atoms with van der Waals surface area (Å²) in [5.41, 5.74) is -0.523. The fraction of sp³-hybridized carbons (Fsp3) is 0.448. The topological polar surface area (TPSA) is 88.6 Å². The standard InChI is InChI=1S/C29H33Cl2F2N5O4/c1-35-22(20-5-6-23(42-2)26(33)25(20)32)17-38(28(35)31)18-3-4-19(21(30)15-18)27(40)37-13-11-36(12-14-37)24(39)16-29(41)7-9-34-10-8-29/h3-6,15,17,28,34,41H,7-14,16H2,1-2H3. The fourth-order valence-electron chi connectivity index (χ4n) is 5.56. The second-order valence-corrected chi connectivity index (χ2v) is 11.6. The molecule has 3 aliphatic heterocycles. The minimum Gasteiger partial charge on any atom is -0.494 e. The van der Waals surface area contributed by atoms with Gasteiger partial charge < -0.3 is 34.8 Å². The van der Waals surface area contributed by atoms with Crippen molar-refractivity contribution in [2.24, 2.45) is 0 Å². The molecular formula is C29H33Cl2F2N5O4. The smallest absolute Gasteiger partial charge is 0.255 e. The number of benzene rings is 2. The molecule has 1 unspecified atom stereocenters. The molecule has 0 aliphatic carbocycles. The van der Waals surface area contributed by atoms with Crippen LogP contribution in [0.2, 0.25) is 5.02 Å². The summed E-state index contributed by atoms with van der Waals surface area (Å²) < 4.78 is 34.1. The van der Waals surface area contributed by atoms with Gasteiger partial charge in [-0.2, -0.15) is 4.39 Å². The SMILES string of the molecule is COc1ccc(C2=CN(c3ccc(C(=O)N4CCN(C(=O)CC5(O)CCNCC5)CC4)c(Cl)c3)C(Cl)N2C)c(F)c1F. The van der Waals surface area contributed by atoms with E-state index in [9.17, 15) is 23.5 Å². The highest BCUT2D eigenvalue weighted by Gasteiger charge is 2.35. The highest BCUT2D eigenvalue weighted by Crippen LogP contribution is 2.38. The maximum atomic E-state index is 14.8. The Hall–Kier alpha value is -3.12. The molecule has 226 valence electrons. The number of carbonyl (C=O) groups excluding carboxylic acids is 2. The number of nitrogens with zero attached hydrogens (tertiary/aromatic N) is 4. The molecule has 1 atom stereocenters. The van der Waals surface area contributed by atoms with Crippen molar-refractivity contribution in [3.05, 3.63) is 64.3 Å². The molecule has 13 heteroatoms. The second kappa shape index (κ2) is 12.2. The highest BCUT2D eigenvalue weighted by atomic mass is 35.5. The van der Waals surface area contributed by atoms with Gasteiger partial charge in [-0.05, 0) is 56.3 Å². The first-order valence-corrected chi connectivity index (χ1v) is 14.5. The molecule has 0 radical (unpaired) electrons. The summed E-state index contributed by atoms with van der Waals surface area (Å²) in [4.78, 5) is 32.7. The Bertz CT molecular complexity index is 1400. The zero-order valence-corrected chi connectivity index (χ0v) is 24.9. The lowest BCUT2D eigenvalue weighted by molar-refractivity contribution is -0.139. The Labute approximate surface area is 253 Å². The first kappa shape index (κ1) is 30.3. The van der Waals surface area contributed by atoms with Gasteiger partial charge in [0, 0.05) is 50.7 Å². The third-order valence-electron chi connectivity index (χ3n) is 8.15. The van der Waals surface area contributed by atoms with Gasteiger partial charge in [-0.3, -0.25) is 9.59 Å². The van der Waals surface area contributed by atoms with Gasteiger partial charge in [0.05, 0.1) is 35.4 Å². The molecule has 0 aromatic heterocycles. The number of carbonyl (C=O) groups is 2. The maximum Gasteiger partial charge on any atom is 0.255 e. The number of piperidine rings is 1. The largest absolute Gasteiger partial charge is 0.494 e. The van der Waals surface area contributed by atoms with Crippen LogP contribution in [0.1, 0.15) is 35.2 Å². The average molecular weight is 625 g/mol. The van der Waals surface area contributed by atoms with E-state index in [2.05, 4.69) is 5.32 Å². The predicted octanol–water partition coefficient (Wildman–Crippen LogP) is 3.69. The summed E-state index contributed by atoms with van der Waals surface area (Å²) in [5, 5.41) is 14.1. The van der Waals surface area contributed by atoms with E-state index in [4.69, 9.17) is 27.9 Å². The first-order chi connectivity index (χ1) is 20.0. The molecule has 2 saturated heterocycles. The number of hydrogen-bond donors (Lipinski definition) is 2. The van der Waals surface area contributed by atoms with E-state index in [0.29, 0.717) is 69.1 Å². The Balaban J connectivity index is 1.25. The molecule has 2 aromatic rings. The van der Waals surface area contributed by atoms with Gasteiger partial charge in [-0.15, -0.1) is 0 Å². The summed E-state index contributed by atoms with van der Waals surface area (Å²) in [6.07, 6.45) is 2.75. The number of piperazine rings is 1. The number of anilines is 1.